The van der Waals surface area contributed by atoms with Crippen LogP contribution in [-0.2, 0) is 9.59 Å². The predicted molar refractivity (Wildman–Crippen MR) is 56.3 cm³/mol. The van der Waals surface area contributed by atoms with E-state index in [1.54, 1.807) is 12.1 Å². The van der Waals surface area contributed by atoms with Crippen molar-refractivity contribution in [3.8, 4) is 0 Å². The molecule has 0 spiro atoms. The highest BCUT2D eigenvalue weighted by molar-refractivity contribution is 6.30. The number of benzene rings is 1. The van der Waals surface area contributed by atoms with Gasteiger partial charge in [0.1, 0.15) is 0 Å². The molecule has 0 bridgehead atoms. The maximum absolute atomic E-state index is 11.0. The van der Waals surface area contributed by atoms with E-state index in [9.17, 15) is 9.59 Å². The van der Waals surface area contributed by atoms with Crippen LogP contribution in [-0.4, -0.2) is 17.0 Å². The smallest absolute Gasteiger partial charge is 0.329 e. The van der Waals surface area contributed by atoms with Gasteiger partial charge in [-0.25, -0.2) is 4.79 Å². The molecular weight excluding hydrogens is 218 g/mol. The number of hydrogen-bond acceptors (Lipinski definition) is 2. The van der Waals surface area contributed by atoms with Crippen molar-refractivity contribution in [3.05, 3.63) is 40.9 Å². The standard InChI is InChI=1S/C10H8ClNO3/c11-7-3-1-6(2-4-7)8(10(12)15)5-9(13)14/h1-5H,(H2,12,15)(H,13,14)/b8-5-. The van der Waals surface area contributed by atoms with Crippen molar-refractivity contribution in [2.45, 2.75) is 0 Å². The number of carboxylic acid groups (broad SMARTS) is 1. The van der Waals surface area contributed by atoms with Gasteiger partial charge in [-0.05, 0) is 17.7 Å². The molecule has 0 saturated carbocycles. The third kappa shape index (κ3) is 3.11. The van der Waals surface area contributed by atoms with Crippen LogP contribution in [0, 0.1) is 0 Å². The number of aliphatic carboxylic acids is 1. The first-order valence-corrected chi connectivity index (χ1v) is 4.39. The van der Waals surface area contributed by atoms with Gasteiger partial charge in [0, 0.05) is 11.1 Å². The molecule has 1 aromatic carbocycles. The van der Waals surface area contributed by atoms with Crippen LogP contribution in [0.3, 0.4) is 0 Å². The summed E-state index contributed by atoms with van der Waals surface area (Å²) in [6.07, 6.45) is 0.769. The highest BCUT2D eigenvalue weighted by Gasteiger charge is 2.09. The topological polar surface area (TPSA) is 80.4 Å². The van der Waals surface area contributed by atoms with Crippen molar-refractivity contribution in [2.24, 2.45) is 5.73 Å². The highest BCUT2D eigenvalue weighted by Crippen LogP contribution is 2.17. The zero-order chi connectivity index (χ0) is 11.4. The number of nitrogens with two attached hydrogens (primary N) is 1. The molecule has 0 aliphatic carbocycles. The van der Waals surface area contributed by atoms with Crippen molar-refractivity contribution in [2.75, 3.05) is 0 Å². The predicted octanol–water partition coefficient (Wildman–Crippen LogP) is 1.29. The lowest BCUT2D eigenvalue weighted by atomic mass is 10.1. The minimum atomic E-state index is -1.22. The molecule has 0 radical (unpaired) electrons. The van der Waals surface area contributed by atoms with Gasteiger partial charge < -0.3 is 10.8 Å². The van der Waals surface area contributed by atoms with E-state index in [1.807, 2.05) is 0 Å². The lowest BCUT2D eigenvalue weighted by Gasteiger charge is -2.02. The zero-order valence-electron chi connectivity index (χ0n) is 7.61. The second kappa shape index (κ2) is 4.61. The molecule has 0 saturated heterocycles. The molecule has 1 aromatic rings. The van der Waals surface area contributed by atoms with Gasteiger partial charge in [-0.15, -0.1) is 0 Å². The molecule has 4 nitrogen and oxygen atoms in total. The normalized spacial score (nSPS) is 11.1. The van der Waals surface area contributed by atoms with E-state index >= 15 is 0 Å². The monoisotopic (exact) mass is 225 g/mol. The molecule has 0 aliphatic rings. The highest BCUT2D eigenvalue weighted by atomic mass is 35.5. The number of halogens is 1. The van der Waals surface area contributed by atoms with Crippen LogP contribution in [0.2, 0.25) is 5.02 Å². The maximum atomic E-state index is 11.0. The Morgan fingerprint density at radius 2 is 1.80 bits per heavy atom. The zero-order valence-corrected chi connectivity index (χ0v) is 8.36. The van der Waals surface area contributed by atoms with Gasteiger partial charge in [0.15, 0.2) is 0 Å². The lowest BCUT2D eigenvalue weighted by molar-refractivity contribution is -0.131. The summed E-state index contributed by atoms with van der Waals surface area (Å²) < 4.78 is 0. The van der Waals surface area contributed by atoms with E-state index in [4.69, 9.17) is 22.4 Å². The molecule has 0 atom stereocenters. The number of carboxylic acids is 1. The summed E-state index contributed by atoms with van der Waals surface area (Å²) in [7, 11) is 0. The van der Waals surface area contributed by atoms with Crippen LogP contribution < -0.4 is 5.73 Å². The van der Waals surface area contributed by atoms with Gasteiger partial charge in [0.2, 0.25) is 5.91 Å². The number of carbonyl (C=O) groups is 2. The summed E-state index contributed by atoms with van der Waals surface area (Å²) in [5.41, 5.74) is 5.42. The van der Waals surface area contributed by atoms with E-state index in [2.05, 4.69) is 0 Å². The first-order valence-electron chi connectivity index (χ1n) is 4.01. The Morgan fingerprint density at radius 1 is 1.27 bits per heavy atom. The van der Waals surface area contributed by atoms with Crippen LogP contribution in [0.4, 0.5) is 0 Å². The van der Waals surface area contributed by atoms with E-state index < -0.39 is 11.9 Å². The van der Waals surface area contributed by atoms with Gasteiger partial charge in [-0.3, -0.25) is 4.79 Å². The summed E-state index contributed by atoms with van der Waals surface area (Å²) in [5.74, 6) is -2.02. The van der Waals surface area contributed by atoms with Crippen LogP contribution in [0.5, 0.6) is 0 Å². The van der Waals surface area contributed by atoms with Gasteiger partial charge in [-0.1, -0.05) is 23.7 Å². The SMILES string of the molecule is NC(=O)/C(=C\C(=O)O)c1ccc(Cl)cc1. The molecule has 0 unspecified atom stereocenters. The Hall–Kier alpha value is -1.81. The fourth-order valence-electron chi connectivity index (χ4n) is 1.05. The summed E-state index contributed by atoms with van der Waals surface area (Å²) in [6.45, 7) is 0. The van der Waals surface area contributed by atoms with Gasteiger partial charge in [0.05, 0.1) is 5.57 Å². The first-order chi connectivity index (χ1) is 7.00. The Morgan fingerprint density at radius 3 is 2.20 bits per heavy atom. The minimum Gasteiger partial charge on any atom is -0.478 e. The number of amides is 1. The van der Waals surface area contributed by atoms with Crippen molar-refractivity contribution in [1.82, 2.24) is 0 Å². The molecule has 0 heterocycles. The van der Waals surface area contributed by atoms with Gasteiger partial charge >= 0.3 is 5.97 Å². The molecule has 15 heavy (non-hydrogen) atoms. The molecular formula is C10H8ClNO3. The average molecular weight is 226 g/mol. The van der Waals surface area contributed by atoms with E-state index in [0.29, 0.717) is 10.6 Å². The summed E-state index contributed by atoms with van der Waals surface area (Å²) in [4.78, 5) is 21.4. The molecule has 3 N–H and O–H groups in total. The Bertz CT molecular complexity index is 423. The number of rotatable bonds is 3. The van der Waals surface area contributed by atoms with Crippen molar-refractivity contribution in [1.29, 1.82) is 0 Å². The number of carbonyl (C=O) groups excluding carboxylic acids is 1. The molecule has 1 amide bonds. The van der Waals surface area contributed by atoms with Crippen LogP contribution in [0.25, 0.3) is 5.57 Å². The Kier molecular flexibility index (Phi) is 3.46. The second-order valence-corrected chi connectivity index (χ2v) is 3.20. The molecule has 78 valence electrons. The van der Waals surface area contributed by atoms with Crippen LogP contribution >= 0.6 is 11.6 Å². The summed E-state index contributed by atoms with van der Waals surface area (Å²) in [5, 5.41) is 9.04. The largest absolute Gasteiger partial charge is 0.478 e. The molecule has 5 heteroatoms. The second-order valence-electron chi connectivity index (χ2n) is 2.77. The van der Waals surface area contributed by atoms with Crippen LogP contribution in [0.15, 0.2) is 30.3 Å². The van der Waals surface area contributed by atoms with Crippen molar-refractivity contribution < 1.29 is 14.7 Å². The first kappa shape index (κ1) is 11.3. The lowest BCUT2D eigenvalue weighted by Crippen LogP contribution is -2.14. The maximum Gasteiger partial charge on any atom is 0.329 e. The molecule has 0 fully saturated rings. The fraction of sp³-hybridized carbons (Fsp3) is 0. The summed E-state index contributed by atoms with van der Waals surface area (Å²) >= 11 is 5.65. The Balaban J connectivity index is 3.16. The molecule has 1 rings (SSSR count). The van der Waals surface area contributed by atoms with Crippen LogP contribution in [0.1, 0.15) is 5.56 Å². The average Bonchev–Trinajstić information content (AvgIpc) is 2.15. The van der Waals surface area contributed by atoms with Gasteiger partial charge in [-0.2, -0.15) is 0 Å². The van der Waals surface area contributed by atoms with E-state index in [-0.39, 0.29) is 5.57 Å². The Labute approximate surface area is 91.0 Å². The minimum absolute atomic E-state index is 0.0563. The third-order valence-corrected chi connectivity index (χ3v) is 1.94. The number of hydrogen-bond donors (Lipinski definition) is 2. The van der Waals surface area contributed by atoms with Crippen molar-refractivity contribution in [3.63, 3.8) is 0 Å². The summed E-state index contributed by atoms with van der Waals surface area (Å²) in [6, 6.07) is 6.16. The number of primary amides is 1. The third-order valence-electron chi connectivity index (χ3n) is 1.69. The van der Waals surface area contributed by atoms with E-state index in [1.165, 1.54) is 12.1 Å². The fourth-order valence-corrected chi connectivity index (χ4v) is 1.18. The van der Waals surface area contributed by atoms with Crippen molar-refractivity contribution >= 4 is 29.1 Å². The molecule has 0 aliphatic heterocycles. The molecule has 0 aromatic heterocycles. The van der Waals surface area contributed by atoms with E-state index in [0.717, 1.165) is 6.08 Å². The quantitative estimate of drug-likeness (QED) is 0.761. The van der Waals surface area contributed by atoms with Gasteiger partial charge in [0.25, 0.3) is 0 Å².